The van der Waals surface area contributed by atoms with E-state index in [1.807, 2.05) is 68.4 Å². The van der Waals surface area contributed by atoms with Crippen LogP contribution >= 0.6 is 11.6 Å². The van der Waals surface area contributed by atoms with Crippen LogP contribution in [0, 0.1) is 13.8 Å². The van der Waals surface area contributed by atoms with Gasteiger partial charge in [0.25, 0.3) is 0 Å². The smallest absolute Gasteiger partial charge is 0.243 e. The number of nitrogens with zero attached hydrogens (tertiary/aromatic N) is 2. The highest BCUT2D eigenvalue weighted by molar-refractivity contribution is 7.92. The van der Waals surface area contributed by atoms with Gasteiger partial charge in [0.2, 0.25) is 21.8 Å². The average molecular weight is 612 g/mol. The number of hydrogen-bond acceptors (Lipinski definition) is 4. The van der Waals surface area contributed by atoms with Gasteiger partial charge in [-0.15, -0.1) is 0 Å². The van der Waals surface area contributed by atoms with Crippen molar-refractivity contribution < 1.29 is 18.0 Å². The minimum atomic E-state index is -3.57. The molecule has 3 aromatic carbocycles. The first-order valence-electron chi connectivity index (χ1n) is 14.4. The van der Waals surface area contributed by atoms with E-state index in [9.17, 15) is 18.0 Å². The third-order valence-electron chi connectivity index (χ3n) is 7.30. The minimum Gasteiger partial charge on any atom is -0.354 e. The molecule has 7 nitrogen and oxygen atoms in total. The van der Waals surface area contributed by atoms with Gasteiger partial charge in [-0.3, -0.25) is 13.9 Å². The van der Waals surface area contributed by atoms with Gasteiger partial charge in [-0.25, -0.2) is 8.42 Å². The Labute approximate surface area is 255 Å². The number of halogens is 1. The van der Waals surface area contributed by atoms with Crippen molar-refractivity contribution in [2.24, 2.45) is 0 Å². The van der Waals surface area contributed by atoms with Crippen LogP contribution in [0.4, 0.5) is 5.69 Å². The van der Waals surface area contributed by atoms with Crippen LogP contribution in [0.2, 0.25) is 5.02 Å². The number of benzene rings is 3. The van der Waals surface area contributed by atoms with E-state index >= 15 is 0 Å². The Balaban J connectivity index is 1.87. The van der Waals surface area contributed by atoms with E-state index in [4.69, 9.17) is 11.6 Å². The minimum absolute atomic E-state index is 0.0813. The summed E-state index contributed by atoms with van der Waals surface area (Å²) >= 11 is 6.11. The van der Waals surface area contributed by atoms with Gasteiger partial charge in [-0.05, 0) is 73.2 Å². The van der Waals surface area contributed by atoms with Crippen LogP contribution in [0.5, 0.6) is 0 Å². The van der Waals surface area contributed by atoms with E-state index in [2.05, 4.69) is 12.2 Å². The van der Waals surface area contributed by atoms with Gasteiger partial charge in [0.05, 0.1) is 11.9 Å². The molecule has 9 heteroatoms. The Kier molecular flexibility index (Phi) is 12.4. The van der Waals surface area contributed by atoms with Crippen LogP contribution in [0.15, 0.2) is 72.8 Å². The number of amides is 2. The largest absolute Gasteiger partial charge is 0.354 e. The van der Waals surface area contributed by atoms with Gasteiger partial charge in [0.1, 0.15) is 6.04 Å². The fraction of sp³-hybridized carbons (Fsp3) is 0.394. The summed E-state index contributed by atoms with van der Waals surface area (Å²) in [5.41, 5.74) is 4.43. The number of rotatable bonds is 15. The highest BCUT2D eigenvalue weighted by Crippen LogP contribution is 2.23. The monoisotopic (exact) mass is 611 g/mol. The second-order valence-electron chi connectivity index (χ2n) is 10.7. The van der Waals surface area contributed by atoms with Crippen molar-refractivity contribution >= 4 is 39.1 Å². The van der Waals surface area contributed by atoms with Gasteiger partial charge in [-0.2, -0.15) is 0 Å². The van der Waals surface area contributed by atoms with Crippen LogP contribution in [0.25, 0.3) is 0 Å². The third-order valence-corrected chi connectivity index (χ3v) is 8.74. The van der Waals surface area contributed by atoms with Crippen molar-refractivity contribution in [1.82, 2.24) is 10.2 Å². The van der Waals surface area contributed by atoms with Crippen LogP contribution in [-0.4, -0.2) is 50.5 Å². The summed E-state index contributed by atoms with van der Waals surface area (Å²) in [5.74, 6) is -0.424. The Hall–Kier alpha value is -3.36. The lowest BCUT2D eigenvalue weighted by Crippen LogP contribution is -2.50. The van der Waals surface area contributed by atoms with E-state index in [0.717, 1.165) is 35.1 Å². The van der Waals surface area contributed by atoms with E-state index in [0.29, 0.717) is 30.1 Å². The van der Waals surface area contributed by atoms with Crippen molar-refractivity contribution in [3.63, 3.8) is 0 Å². The highest BCUT2D eigenvalue weighted by atomic mass is 35.5. The summed E-state index contributed by atoms with van der Waals surface area (Å²) in [6.07, 6.45) is 3.69. The first-order valence-corrected chi connectivity index (χ1v) is 16.6. The molecule has 2 amide bonds. The number of aryl methyl sites for hydroxylation is 2. The van der Waals surface area contributed by atoms with Crippen molar-refractivity contribution in [2.45, 2.75) is 65.5 Å². The summed E-state index contributed by atoms with van der Waals surface area (Å²) in [6, 6.07) is 21.7. The second-order valence-corrected chi connectivity index (χ2v) is 13.0. The van der Waals surface area contributed by atoms with Gasteiger partial charge >= 0.3 is 0 Å². The Morgan fingerprint density at radius 3 is 2.21 bits per heavy atom. The van der Waals surface area contributed by atoms with Crippen molar-refractivity contribution in [3.05, 3.63) is 100 Å². The lowest BCUT2D eigenvalue weighted by atomic mass is 10.0. The molecule has 42 heavy (non-hydrogen) atoms. The van der Waals surface area contributed by atoms with Crippen molar-refractivity contribution in [1.29, 1.82) is 0 Å². The van der Waals surface area contributed by atoms with E-state index < -0.39 is 16.1 Å². The number of nitrogens with one attached hydrogen (secondary N) is 1. The number of sulfonamides is 1. The second kappa shape index (κ2) is 15.8. The zero-order valence-electron chi connectivity index (χ0n) is 25.0. The Morgan fingerprint density at radius 1 is 0.905 bits per heavy atom. The fourth-order valence-corrected chi connectivity index (χ4v) is 5.81. The topological polar surface area (TPSA) is 86.8 Å². The van der Waals surface area contributed by atoms with E-state index in [1.54, 1.807) is 23.1 Å². The molecule has 0 saturated heterocycles. The van der Waals surface area contributed by atoms with Gasteiger partial charge in [0.15, 0.2) is 0 Å². The number of anilines is 1. The Morgan fingerprint density at radius 2 is 1.60 bits per heavy atom. The quantitative estimate of drug-likeness (QED) is 0.212. The number of hydrogen-bond donors (Lipinski definition) is 1. The molecule has 1 unspecified atom stereocenters. The maximum atomic E-state index is 13.9. The predicted molar refractivity (Wildman–Crippen MR) is 171 cm³/mol. The molecular weight excluding hydrogens is 570 g/mol. The SMILES string of the molecule is CCCCNC(=O)C(Cc1ccccc1)N(Cc1ccc(Cl)cc1)C(=O)CCCN(c1ccc(C)c(C)c1)S(C)(=O)=O. The molecule has 0 saturated carbocycles. The molecular formula is C33H42ClN3O4S. The predicted octanol–water partition coefficient (Wildman–Crippen LogP) is 6.06. The highest BCUT2D eigenvalue weighted by Gasteiger charge is 2.30. The summed E-state index contributed by atoms with van der Waals surface area (Å²) in [4.78, 5) is 29.1. The molecule has 0 aliphatic carbocycles. The average Bonchev–Trinajstić information content (AvgIpc) is 2.95. The lowest BCUT2D eigenvalue weighted by Gasteiger charge is -2.32. The van der Waals surface area contributed by atoms with Crippen molar-refractivity contribution in [2.75, 3.05) is 23.7 Å². The number of unbranched alkanes of at least 4 members (excludes halogenated alkanes) is 1. The molecule has 0 aliphatic heterocycles. The van der Waals surface area contributed by atoms with Gasteiger partial charge < -0.3 is 10.2 Å². The Bertz CT molecular complexity index is 1430. The molecule has 3 aromatic rings. The molecule has 3 rings (SSSR count). The zero-order valence-corrected chi connectivity index (χ0v) is 26.5. The molecule has 0 bridgehead atoms. The van der Waals surface area contributed by atoms with Gasteiger partial charge in [0, 0.05) is 37.5 Å². The summed E-state index contributed by atoms with van der Waals surface area (Å²) in [7, 11) is -3.57. The fourth-order valence-electron chi connectivity index (χ4n) is 4.73. The maximum absolute atomic E-state index is 13.9. The lowest BCUT2D eigenvalue weighted by molar-refractivity contribution is -0.141. The molecule has 1 N–H and O–H groups in total. The molecule has 1 atom stereocenters. The third kappa shape index (κ3) is 9.88. The first-order chi connectivity index (χ1) is 20.0. The molecule has 0 radical (unpaired) electrons. The van der Waals surface area contributed by atoms with Crippen LogP contribution in [0.1, 0.15) is 54.9 Å². The standard InChI is InChI=1S/C33H42ClN3O4S/c1-5-6-20-35-33(39)31(23-27-11-8-7-9-12-27)36(24-28-15-17-29(34)18-16-28)32(38)13-10-21-37(42(4,40)41)30-19-14-25(2)26(3)22-30/h7-9,11-12,14-19,22,31H,5-6,10,13,20-21,23-24H2,1-4H3,(H,35,39). The van der Waals surface area contributed by atoms with E-state index in [-0.39, 0.29) is 31.3 Å². The molecule has 0 heterocycles. The normalized spacial score (nSPS) is 12.0. The molecule has 226 valence electrons. The van der Waals surface area contributed by atoms with Crippen LogP contribution in [-0.2, 0) is 32.6 Å². The zero-order chi connectivity index (χ0) is 30.7. The maximum Gasteiger partial charge on any atom is 0.243 e. The van der Waals surface area contributed by atoms with Crippen molar-refractivity contribution in [3.8, 4) is 0 Å². The van der Waals surface area contributed by atoms with E-state index in [1.165, 1.54) is 10.6 Å². The summed E-state index contributed by atoms with van der Waals surface area (Å²) in [5, 5.41) is 3.60. The molecule has 0 spiro atoms. The summed E-state index contributed by atoms with van der Waals surface area (Å²) < 4.78 is 26.7. The molecule has 0 aliphatic rings. The summed E-state index contributed by atoms with van der Waals surface area (Å²) in [6.45, 7) is 6.87. The number of carbonyl (C=O) groups excluding carboxylic acids is 2. The first kappa shape index (κ1) is 33.1. The van der Waals surface area contributed by atoms with Crippen LogP contribution < -0.4 is 9.62 Å². The number of carbonyl (C=O) groups is 2. The molecule has 0 aromatic heterocycles. The van der Waals surface area contributed by atoms with Gasteiger partial charge in [-0.1, -0.05) is 73.5 Å². The molecule has 0 fully saturated rings. The van der Waals surface area contributed by atoms with Crippen LogP contribution in [0.3, 0.4) is 0 Å².